The molecule has 0 amide bonds. The van der Waals surface area contributed by atoms with Crippen molar-refractivity contribution in [1.82, 2.24) is 9.78 Å². The Morgan fingerprint density at radius 2 is 1.85 bits per heavy atom. The second-order valence-corrected chi connectivity index (χ2v) is 5.24. The van der Waals surface area contributed by atoms with Crippen LogP contribution in [0.3, 0.4) is 0 Å². The molecular weight excluding hydrogens is 246 g/mol. The van der Waals surface area contributed by atoms with Crippen molar-refractivity contribution in [3.63, 3.8) is 0 Å². The fraction of sp³-hybridized carbons (Fsp3) is 0.235. The van der Waals surface area contributed by atoms with Gasteiger partial charge >= 0.3 is 0 Å². The predicted molar refractivity (Wildman–Crippen MR) is 83.9 cm³/mol. The maximum absolute atomic E-state index is 4.37. The Bertz CT molecular complexity index is 738. The largest absolute Gasteiger partial charge is 0.376 e. The maximum atomic E-state index is 4.37. The number of nitrogens with one attached hydrogen (secondary N) is 1. The third-order valence-corrected chi connectivity index (χ3v) is 3.68. The normalized spacial score (nSPS) is 12.6. The van der Waals surface area contributed by atoms with Gasteiger partial charge in [-0.2, -0.15) is 5.10 Å². The monoisotopic (exact) mass is 265 g/mol. The van der Waals surface area contributed by atoms with Crippen LogP contribution in [0.5, 0.6) is 0 Å². The minimum absolute atomic E-state index is 0.240. The molecule has 0 aliphatic carbocycles. The number of hydrogen-bond acceptors (Lipinski definition) is 2. The maximum Gasteiger partial charge on any atom is 0.0825 e. The summed E-state index contributed by atoms with van der Waals surface area (Å²) in [7, 11) is 1.95. The van der Waals surface area contributed by atoms with E-state index in [1.54, 1.807) is 0 Å². The van der Waals surface area contributed by atoms with Crippen LogP contribution in [0.15, 0.2) is 48.7 Å². The lowest BCUT2D eigenvalue weighted by Gasteiger charge is -2.17. The first-order valence-electron chi connectivity index (χ1n) is 6.89. The lowest BCUT2D eigenvalue weighted by molar-refractivity contribution is 0.756. The van der Waals surface area contributed by atoms with Crippen LogP contribution in [0, 0.1) is 6.92 Å². The van der Waals surface area contributed by atoms with Gasteiger partial charge in [0, 0.05) is 19.3 Å². The zero-order valence-electron chi connectivity index (χ0n) is 12.1. The molecule has 0 saturated carbocycles. The number of fused-ring (bicyclic) bond motifs is 1. The fourth-order valence-electron chi connectivity index (χ4n) is 2.68. The highest BCUT2D eigenvalue weighted by Crippen LogP contribution is 2.27. The highest BCUT2D eigenvalue weighted by atomic mass is 15.3. The van der Waals surface area contributed by atoms with Crippen LogP contribution in [0.2, 0.25) is 0 Å². The third-order valence-electron chi connectivity index (χ3n) is 3.68. The van der Waals surface area contributed by atoms with Gasteiger partial charge in [-0.15, -0.1) is 0 Å². The van der Waals surface area contributed by atoms with Crippen LogP contribution >= 0.6 is 0 Å². The van der Waals surface area contributed by atoms with Gasteiger partial charge in [0.05, 0.1) is 11.4 Å². The Morgan fingerprint density at radius 3 is 2.60 bits per heavy atom. The molecule has 2 aromatic carbocycles. The van der Waals surface area contributed by atoms with Gasteiger partial charge in [-0.25, -0.2) is 0 Å². The average Bonchev–Trinajstić information content (AvgIpc) is 2.76. The molecule has 1 heterocycles. The molecule has 1 aromatic heterocycles. The molecule has 3 rings (SSSR count). The smallest absolute Gasteiger partial charge is 0.0825 e. The fourth-order valence-corrected chi connectivity index (χ4v) is 2.68. The second kappa shape index (κ2) is 5.00. The molecule has 0 radical (unpaired) electrons. The minimum atomic E-state index is 0.240. The summed E-state index contributed by atoms with van der Waals surface area (Å²) in [6.45, 7) is 4.21. The van der Waals surface area contributed by atoms with Crippen molar-refractivity contribution in [2.24, 2.45) is 7.05 Å². The number of aryl methyl sites for hydroxylation is 2. The molecular formula is C17H19N3. The van der Waals surface area contributed by atoms with Crippen molar-refractivity contribution in [2.75, 3.05) is 5.32 Å². The molecule has 0 saturated heterocycles. The lowest BCUT2D eigenvalue weighted by atomic mass is 9.99. The van der Waals surface area contributed by atoms with Crippen molar-refractivity contribution < 1.29 is 0 Å². The second-order valence-electron chi connectivity index (χ2n) is 5.24. The van der Waals surface area contributed by atoms with Gasteiger partial charge in [-0.05, 0) is 30.2 Å². The van der Waals surface area contributed by atoms with Crippen molar-refractivity contribution in [3.05, 3.63) is 59.9 Å². The molecule has 1 unspecified atom stereocenters. The van der Waals surface area contributed by atoms with Crippen LogP contribution in [0.1, 0.15) is 24.2 Å². The van der Waals surface area contributed by atoms with Crippen LogP contribution in [-0.4, -0.2) is 9.78 Å². The molecule has 1 N–H and O–H groups in total. The van der Waals surface area contributed by atoms with Gasteiger partial charge in [-0.1, -0.05) is 42.5 Å². The summed E-state index contributed by atoms with van der Waals surface area (Å²) < 4.78 is 1.84. The Morgan fingerprint density at radius 1 is 1.10 bits per heavy atom. The summed E-state index contributed by atoms with van der Waals surface area (Å²) in [5.41, 5.74) is 3.43. The van der Waals surface area contributed by atoms with Crippen LogP contribution in [0.4, 0.5) is 5.69 Å². The van der Waals surface area contributed by atoms with Crippen molar-refractivity contribution in [2.45, 2.75) is 19.9 Å². The topological polar surface area (TPSA) is 29.9 Å². The van der Waals surface area contributed by atoms with E-state index in [0.29, 0.717) is 0 Å². The Kier molecular flexibility index (Phi) is 3.18. The van der Waals surface area contributed by atoms with E-state index in [4.69, 9.17) is 0 Å². The first-order chi connectivity index (χ1) is 9.65. The summed E-state index contributed by atoms with van der Waals surface area (Å²) in [4.78, 5) is 0. The molecule has 1 atom stereocenters. The zero-order valence-corrected chi connectivity index (χ0v) is 12.1. The van der Waals surface area contributed by atoms with E-state index in [1.165, 1.54) is 16.3 Å². The minimum Gasteiger partial charge on any atom is -0.376 e. The number of rotatable bonds is 3. The molecule has 20 heavy (non-hydrogen) atoms. The van der Waals surface area contributed by atoms with E-state index in [0.717, 1.165) is 11.4 Å². The van der Waals surface area contributed by atoms with Crippen molar-refractivity contribution in [3.8, 4) is 0 Å². The highest BCUT2D eigenvalue weighted by Gasteiger charge is 2.11. The summed E-state index contributed by atoms with van der Waals surface area (Å²) in [5.74, 6) is 0. The Hall–Kier alpha value is -2.29. The molecule has 3 nitrogen and oxygen atoms in total. The zero-order chi connectivity index (χ0) is 14.1. The number of anilines is 1. The van der Waals surface area contributed by atoms with Crippen LogP contribution < -0.4 is 5.32 Å². The van der Waals surface area contributed by atoms with Crippen LogP contribution in [-0.2, 0) is 7.05 Å². The van der Waals surface area contributed by atoms with Gasteiger partial charge in [0.1, 0.15) is 0 Å². The SMILES string of the molecule is Cc1nn(C)cc1NC(C)c1cccc2ccccc12. The molecule has 0 aliphatic heterocycles. The quantitative estimate of drug-likeness (QED) is 0.774. The highest BCUT2D eigenvalue weighted by molar-refractivity contribution is 5.86. The molecule has 102 valence electrons. The van der Waals surface area contributed by atoms with Gasteiger partial charge in [0.2, 0.25) is 0 Å². The van der Waals surface area contributed by atoms with E-state index < -0.39 is 0 Å². The first kappa shape index (κ1) is 12.7. The van der Waals surface area contributed by atoms with Gasteiger partial charge in [0.15, 0.2) is 0 Å². The number of benzene rings is 2. The molecule has 3 heteroatoms. The first-order valence-corrected chi connectivity index (χ1v) is 6.89. The van der Waals surface area contributed by atoms with Crippen molar-refractivity contribution >= 4 is 16.5 Å². The van der Waals surface area contributed by atoms with E-state index in [9.17, 15) is 0 Å². The lowest BCUT2D eigenvalue weighted by Crippen LogP contribution is -2.07. The summed E-state index contributed by atoms with van der Waals surface area (Å²) in [6, 6.07) is 15.2. The number of aromatic nitrogens is 2. The molecule has 0 bridgehead atoms. The Labute approximate surface area is 119 Å². The van der Waals surface area contributed by atoms with E-state index >= 15 is 0 Å². The summed E-state index contributed by atoms with van der Waals surface area (Å²) in [5, 5.41) is 10.5. The van der Waals surface area contributed by atoms with E-state index in [-0.39, 0.29) is 6.04 Å². The predicted octanol–water partition coefficient (Wildman–Crippen LogP) is 4.05. The van der Waals surface area contributed by atoms with E-state index in [2.05, 4.69) is 59.8 Å². The van der Waals surface area contributed by atoms with Gasteiger partial charge in [-0.3, -0.25) is 4.68 Å². The van der Waals surface area contributed by atoms with Gasteiger partial charge < -0.3 is 5.32 Å². The molecule has 0 fully saturated rings. The number of nitrogens with zero attached hydrogens (tertiary/aromatic N) is 2. The number of hydrogen-bond donors (Lipinski definition) is 1. The van der Waals surface area contributed by atoms with E-state index in [1.807, 2.05) is 24.9 Å². The van der Waals surface area contributed by atoms with Crippen LogP contribution in [0.25, 0.3) is 10.8 Å². The summed E-state index contributed by atoms with van der Waals surface area (Å²) >= 11 is 0. The average molecular weight is 265 g/mol. The molecule has 3 aromatic rings. The molecule has 0 spiro atoms. The standard InChI is InChI=1S/C17H19N3/c1-12(18-17-11-20(3)19-13(17)2)15-10-6-8-14-7-4-5-9-16(14)15/h4-12,18H,1-3H3. The summed E-state index contributed by atoms with van der Waals surface area (Å²) in [6.07, 6.45) is 2.02. The van der Waals surface area contributed by atoms with Crippen molar-refractivity contribution in [1.29, 1.82) is 0 Å². The molecule has 0 aliphatic rings. The third kappa shape index (κ3) is 2.27. The van der Waals surface area contributed by atoms with Gasteiger partial charge in [0.25, 0.3) is 0 Å². The Balaban J connectivity index is 1.96.